The lowest BCUT2D eigenvalue weighted by Gasteiger charge is -2.00. The Hall–Kier alpha value is -0.300. The molecule has 0 amide bonds. The molecule has 0 aromatic rings. The van der Waals surface area contributed by atoms with Gasteiger partial charge in [0.2, 0.25) is 0 Å². The molecular weight excluding hydrogens is 196 g/mol. The van der Waals surface area contributed by atoms with Gasteiger partial charge in [-0.25, -0.2) is 0 Å². The molecule has 1 N–H and O–H groups in total. The molecule has 0 saturated heterocycles. The van der Waals surface area contributed by atoms with Crippen molar-refractivity contribution in [3.05, 3.63) is 12.2 Å². The average molecular weight is 226 g/mol. The highest BCUT2D eigenvalue weighted by Gasteiger charge is 1.91. The van der Waals surface area contributed by atoms with Crippen molar-refractivity contribution >= 4 is 0 Å². The van der Waals surface area contributed by atoms with Crippen LogP contribution in [-0.2, 0) is 0 Å². The Morgan fingerprint density at radius 1 is 0.875 bits per heavy atom. The van der Waals surface area contributed by atoms with Crippen LogP contribution >= 0.6 is 0 Å². The van der Waals surface area contributed by atoms with Gasteiger partial charge in [0.25, 0.3) is 0 Å². The second kappa shape index (κ2) is 12.8. The van der Waals surface area contributed by atoms with E-state index in [0.29, 0.717) is 0 Å². The Balaban J connectivity index is 2.99. The van der Waals surface area contributed by atoms with E-state index < -0.39 is 0 Å². The molecule has 1 unspecified atom stereocenters. The Labute approximate surface area is 102 Å². The summed E-state index contributed by atoms with van der Waals surface area (Å²) in [6.07, 6.45) is 17.3. The third-order valence-electron chi connectivity index (χ3n) is 2.89. The summed E-state index contributed by atoms with van der Waals surface area (Å²) in [5.74, 6) is 0. The van der Waals surface area contributed by atoms with E-state index in [1.54, 1.807) is 6.92 Å². The monoisotopic (exact) mass is 226 g/mol. The van der Waals surface area contributed by atoms with Crippen molar-refractivity contribution in [3.8, 4) is 0 Å². The highest BCUT2D eigenvalue weighted by atomic mass is 16.3. The molecule has 0 aliphatic carbocycles. The van der Waals surface area contributed by atoms with Crippen molar-refractivity contribution < 1.29 is 5.11 Å². The maximum atomic E-state index is 9.01. The fraction of sp³-hybridized carbons (Fsp3) is 0.867. The lowest BCUT2D eigenvalue weighted by Crippen LogP contribution is -1.91. The normalized spacial score (nSPS) is 13.4. The molecule has 0 aliphatic rings. The highest BCUT2D eigenvalue weighted by molar-refractivity contribution is 4.85. The Bertz CT molecular complexity index is 150. The van der Waals surface area contributed by atoms with Crippen molar-refractivity contribution in [1.82, 2.24) is 0 Å². The molecule has 0 spiro atoms. The van der Waals surface area contributed by atoms with Crippen LogP contribution < -0.4 is 0 Å². The summed E-state index contributed by atoms with van der Waals surface area (Å²) in [5, 5.41) is 9.01. The lowest BCUT2D eigenvalue weighted by atomic mass is 10.1. The average Bonchev–Trinajstić information content (AvgIpc) is 2.25. The Morgan fingerprint density at radius 3 is 1.88 bits per heavy atom. The van der Waals surface area contributed by atoms with E-state index in [1.165, 1.54) is 57.8 Å². The SMILES string of the molecule is CCCCCCCCCCCC=CC(C)O. The zero-order valence-corrected chi connectivity index (χ0v) is 11.3. The maximum absolute atomic E-state index is 9.01. The summed E-state index contributed by atoms with van der Waals surface area (Å²) in [4.78, 5) is 0. The summed E-state index contributed by atoms with van der Waals surface area (Å²) < 4.78 is 0. The van der Waals surface area contributed by atoms with Gasteiger partial charge < -0.3 is 5.11 Å². The number of rotatable bonds is 11. The molecule has 0 fully saturated rings. The Morgan fingerprint density at radius 2 is 1.38 bits per heavy atom. The van der Waals surface area contributed by atoms with Crippen LogP contribution in [0.25, 0.3) is 0 Å². The molecule has 16 heavy (non-hydrogen) atoms. The minimum atomic E-state index is -0.279. The topological polar surface area (TPSA) is 20.2 Å². The Kier molecular flexibility index (Phi) is 12.5. The molecular formula is C15H30O. The molecule has 1 atom stereocenters. The van der Waals surface area contributed by atoms with Crippen LogP contribution in [0.4, 0.5) is 0 Å². The quantitative estimate of drug-likeness (QED) is 0.394. The third-order valence-corrected chi connectivity index (χ3v) is 2.89. The number of aliphatic hydroxyl groups is 1. The second-order valence-electron chi connectivity index (χ2n) is 4.79. The lowest BCUT2D eigenvalue weighted by molar-refractivity contribution is 0.244. The number of unbranched alkanes of at least 4 members (excludes halogenated alkanes) is 9. The van der Waals surface area contributed by atoms with E-state index in [4.69, 9.17) is 5.11 Å². The summed E-state index contributed by atoms with van der Waals surface area (Å²) in [7, 11) is 0. The number of hydrogen-bond donors (Lipinski definition) is 1. The van der Waals surface area contributed by atoms with Gasteiger partial charge in [0, 0.05) is 0 Å². The van der Waals surface area contributed by atoms with Crippen LogP contribution in [0.15, 0.2) is 12.2 Å². The summed E-state index contributed by atoms with van der Waals surface area (Å²) in [6, 6.07) is 0. The summed E-state index contributed by atoms with van der Waals surface area (Å²) in [5.41, 5.74) is 0. The fourth-order valence-electron chi connectivity index (χ4n) is 1.87. The molecule has 0 aromatic heterocycles. The minimum absolute atomic E-state index is 0.279. The van der Waals surface area contributed by atoms with Crippen molar-refractivity contribution in [2.75, 3.05) is 0 Å². The van der Waals surface area contributed by atoms with Crippen molar-refractivity contribution in [3.63, 3.8) is 0 Å². The first-order chi connectivity index (χ1) is 7.77. The largest absolute Gasteiger partial charge is 0.389 e. The molecule has 96 valence electrons. The van der Waals surface area contributed by atoms with Crippen LogP contribution in [0, 0.1) is 0 Å². The zero-order valence-electron chi connectivity index (χ0n) is 11.3. The van der Waals surface area contributed by atoms with Crippen LogP contribution in [-0.4, -0.2) is 11.2 Å². The predicted molar refractivity (Wildman–Crippen MR) is 72.7 cm³/mol. The van der Waals surface area contributed by atoms with E-state index in [0.717, 1.165) is 6.42 Å². The third kappa shape index (κ3) is 13.7. The minimum Gasteiger partial charge on any atom is -0.389 e. The van der Waals surface area contributed by atoms with Gasteiger partial charge in [0.1, 0.15) is 0 Å². The van der Waals surface area contributed by atoms with Crippen LogP contribution in [0.3, 0.4) is 0 Å². The molecule has 0 aliphatic heterocycles. The van der Waals surface area contributed by atoms with Crippen molar-refractivity contribution in [1.29, 1.82) is 0 Å². The fourth-order valence-corrected chi connectivity index (χ4v) is 1.87. The summed E-state index contributed by atoms with van der Waals surface area (Å²) in [6.45, 7) is 4.06. The van der Waals surface area contributed by atoms with Gasteiger partial charge in [-0.1, -0.05) is 70.4 Å². The molecule has 0 saturated carbocycles. The van der Waals surface area contributed by atoms with E-state index in [1.807, 2.05) is 6.08 Å². The van der Waals surface area contributed by atoms with E-state index >= 15 is 0 Å². The van der Waals surface area contributed by atoms with Crippen molar-refractivity contribution in [2.45, 2.75) is 84.2 Å². The number of allylic oxidation sites excluding steroid dienone is 1. The first kappa shape index (κ1) is 15.7. The number of hydrogen-bond acceptors (Lipinski definition) is 1. The van der Waals surface area contributed by atoms with Gasteiger partial charge >= 0.3 is 0 Å². The second-order valence-corrected chi connectivity index (χ2v) is 4.79. The van der Waals surface area contributed by atoms with Crippen molar-refractivity contribution in [2.24, 2.45) is 0 Å². The molecule has 1 heteroatoms. The van der Waals surface area contributed by atoms with E-state index in [2.05, 4.69) is 13.0 Å². The van der Waals surface area contributed by atoms with Gasteiger partial charge in [0.05, 0.1) is 6.10 Å². The molecule has 0 heterocycles. The van der Waals surface area contributed by atoms with Gasteiger partial charge in [-0.2, -0.15) is 0 Å². The predicted octanol–water partition coefficient (Wildman–Crippen LogP) is 4.84. The number of aliphatic hydroxyl groups excluding tert-OH is 1. The standard InChI is InChI=1S/C15H30O/c1-3-4-5-6-7-8-9-10-11-12-13-14-15(2)16/h13-16H,3-12H2,1-2H3. The smallest absolute Gasteiger partial charge is 0.0692 e. The first-order valence-corrected chi connectivity index (χ1v) is 7.12. The zero-order chi connectivity index (χ0) is 12.1. The van der Waals surface area contributed by atoms with Gasteiger partial charge in [-0.15, -0.1) is 0 Å². The maximum Gasteiger partial charge on any atom is 0.0692 e. The van der Waals surface area contributed by atoms with E-state index in [-0.39, 0.29) is 6.10 Å². The molecule has 0 radical (unpaired) electrons. The van der Waals surface area contributed by atoms with Gasteiger partial charge in [-0.05, 0) is 19.8 Å². The van der Waals surface area contributed by atoms with Crippen LogP contribution in [0.2, 0.25) is 0 Å². The first-order valence-electron chi connectivity index (χ1n) is 7.12. The molecule has 1 nitrogen and oxygen atoms in total. The summed E-state index contributed by atoms with van der Waals surface area (Å²) >= 11 is 0. The molecule has 0 aromatic carbocycles. The molecule has 0 bridgehead atoms. The van der Waals surface area contributed by atoms with Crippen LogP contribution in [0.1, 0.15) is 78.1 Å². The van der Waals surface area contributed by atoms with Crippen LogP contribution in [0.5, 0.6) is 0 Å². The van der Waals surface area contributed by atoms with Gasteiger partial charge in [-0.3, -0.25) is 0 Å². The molecule has 0 rings (SSSR count). The van der Waals surface area contributed by atoms with Gasteiger partial charge in [0.15, 0.2) is 0 Å². The highest BCUT2D eigenvalue weighted by Crippen LogP contribution is 2.10. The van der Waals surface area contributed by atoms with E-state index in [9.17, 15) is 0 Å².